The van der Waals surface area contributed by atoms with Crippen LogP contribution in [0.4, 0.5) is 5.69 Å². The van der Waals surface area contributed by atoms with E-state index in [1.54, 1.807) is 7.11 Å². The fourth-order valence-electron chi connectivity index (χ4n) is 2.48. The first-order chi connectivity index (χ1) is 9.60. The van der Waals surface area contributed by atoms with Crippen molar-refractivity contribution in [1.29, 1.82) is 0 Å². The lowest BCUT2D eigenvalue weighted by Gasteiger charge is -2.22. The molecule has 1 atom stereocenters. The molecule has 1 fully saturated rings. The highest BCUT2D eigenvalue weighted by molar-refractivity contribution is 5.93. The van der Waals surface area contributed by atoms with E-state index in [1.165, 1.54) is 0 Å². The standard InChI is InChI=1S/C15H23N3O2/c1-11-4-5-14(20-3)13(8-11)17-15(19)10-18(2)12-6-7-16-9-12/h4-5,8,12,16H,6-7,9-10H2,1-3H3,(H,17,19). The second kappa shape index (κ2) is 6.72. The Labute approximate surface area is 120 Å². The molecule has 0 aliphatic carbocycles. The molecule has 1 aliphatic rings. The molecule has 110 valence electrons. The van der Waals surface area contributed by atoms with Gasteiger partial charge in [-0.15, -0.1) is 0 Å². The van der Waals surface area contributed by atoms with Crippen molar-refractivity contribution in [2.45, 2.75) is 19.4 Å². The highest BCUT2D eigenvalue weighted by Gasteiger charge is 2.21. The van der Waals surface area contributed by atoms with Gasteiger partial charge in [0.15, 0.2) is 0 Å². The third-order valence-corrected chi connectivity index (χ3v) is 3.68. The van der Waals surface area contributed by atoms with Gasteiger partial charge in [0.2, 0.25) is 5.91 Å². The van der Waals surface area contributed by atoms with Crippen molar-refractivity contribution in [2.75, 3.05) is 39.1 Å². The Morgan fingerprint density at radius 2 is 2.35 bits per heavy atom. The number of carbonyl (C=O) groups is 1. The van der Waals surface area contributed by atoms with Crippen molar-refractivity contribution in [1.82, 2.24) is 10.2 Å². The molecule has 0 saturated carbocycles. The minimum atomic E-state index is -0.0108. The number of rotatable bonds is 5. The molecule has 1 amide bonds. The molecule has 0 spiro atoms. The number of ether oxygens (including phenoxy) is 1. The molecule has 5 heteroatoms. The average molecular weight is 277 g/mol. The molecule has 0 radical (unpaired) electrons. The van der Waals surface area contributed by atoms with Crippen LogP contribution in [0.1, 0.15) is 12.0 Å². The van der Waals surface area contributed by atoms with Gasteiger partial charge in [-0.1, -0.05) is 6.07 Å². The van der Waals surface area contributed by atoms with Crippen molar-refractivity contribution in [3.8, 4) is 5.75 Å². The lowest BCUT2D eigenvalue weighted by atomic mass is 10.2. The summed E-state index contributed by atoms with van der Waals surface area (Å²) in [6.07, 6.45) is 1.09. The summed E-state index contributed by atoms with van der Waals surface area (Å²) in [5.41, 5.74) is 1.82. The number of methoxy groups -OCH3 is 1. The number of nitrogens with zero attached hydrogens (tertiary/aromatic N) is 1. The van der Waals surface area contributed by atoms with Gasteiger partial charge in [0.25, 0.3) is 0 Å². The molecule has 0 bridgehead atoms. The van der Waals surface area contributed by atoms with Gasteiger partial charge in [0, 0.05) is 12.6 Å². The summed E-state index contributed by atoms with van der Waals surface area (Å²) >= 11 is 0. The zero-order chi connectivity index (χ0) is 14.5. The normalized spacial score (nSPS) is 18.3. The molecular formula is C15H23N3O2. The van der Waals surface area contributed by atoms with Crippen LogP contribution in [0.5, 0.6) is 5.75 Å². The number of nitrogens with one attached hydrogen (secondary N) is 2. The Hall–Kier alpha value is -1.59. The molecule has 1 heterocycles. The predicted molar refractivity (Wildman–Crippen MR) is 80.3 cm³/mol. The van der Waals surface area contributed by atoms with Gasteiger partial charge in [-0.2, -0.15) is 0 Å². The summed E-state index contributed by atoms with van der Waals surface area (Å²) in [6, 6.07) is 6.20. The van der Waals surface area contributed by atoms with Gasteiger partial charge in [-0.3, -0.25) is 9.69 Å². The average Bonchev–Trinajstić information content (AvgIpc) is 2.92. The molecule has 20 heavy (non-hydrogen) atoms. The number of hydrogen-bond acceptors (Lipinski definition) is 4. The molecule has 1 aliphatic heterocycles. The Balaban J connectivity index is 1.95. The SMILES string of the molecule is COc1ccc(C)cc1NC(=O)CN(C)C1CCNC1. The minimum Gasteiger partial charge on any atom is -0.495 e. The van der Waals surface area contributed by atoms with Gasteiger partial charge >= 0.3 is 0 Å². The van der Waals surface area contributed by atoms with Crippen LogP contribution in [0, 0.1) is 6.92 Å². The summed E-state index contributed by atoms with van der Waals surface area (Å²) in [4.78, 5) is 14.2. The smallest absolute Gasteiger partial charge is 0.238 e. The fourth-order valence-corrected chi connectivity index (χ4v) is 2.48. The molecule has 1 unspecified atom stereocenters. The van der Waals surface area contributed by atoms with Crippen LogP contribution in [0.25, 0.3) is 0 Å². The number of carbonyl (C=O) groups excluding carboxylic acids is 1. The maximum absolute atomic E-state index is 12.1. The van der Waals surface area contributed by atoms with Gasteiger partial charge in [-0.25, -0.2) is 0 Å². The highest BCUT2D eigenvalue weighted by Crippen LogP contribution is 2.25. The molecule has 1 aromatic rings. The van der Waals surface area contributed by atoms with Crippen LogP contribution in [0.3, 0.4) is 0 Å². The Morgan fingerprint density at radius 1 is 1.55 bits per heavy atom. The second-order valence-corrected chi connectivity index (χ2v) is 5.31. The monoisotopic (exact) mass is 277 g/mol. The van der Waals surface area contributed by atoms with Gasteiger partial charge < -0.3 is 15.4 Å². The molecule has 1 saturated heterocycles. The molecule has 2 N–H and O–H groups in total. The molecule has 1 aromatic carbocycles. The number of amides is 1. The lowest BCUT2D eigenvalue weighted by Crippen LogP contribution is -2.39. The van der Waals surface area contributed by atoms with E-state index < -0.39 is 0 Å². The van der Waals surface area contributed by atoms with Crippen LogP contribution in [-0.2, 0) is 4.79 Å². The van der Waals surface area contributed by atoms with Crippen LogP contribution in [0.2, 0.25) is 0 Å². The quantitative estimate of drug-likeness (QED) is 0.850. The third kappa shape index (κ3) is 3.71. The molecule has 0 aromatic heterocycles. The minimum absolute atomic E-state index is 0.0108. The topological polar surface area (TPSA) is 53.6 Å². The molecule has 5 nitrogen and oxygen atoms in total. The van der Waals surface area contributed by atoms with Crippen LogP contribution < -0.4 is 15.4 Å². The van der Waals surface area contributed by atoms with E-state index in [1.807, 2.05) is 32.2 Å². The first-order valence-corrected chi connectivity index (χ1v) is 6.95. The predicted octanol–water partition coefficient (Wildman–Crippen LogP) is 1.24. The third-order valence-electron chi connectivity index (χ3n) is 3.68. The zero-order valence-electron chi connectivity index (χ0n) is 12.4. The van der Waals surface area contributed by atoms with Crippen LogP contribution in [-0.4, -0.2) is 50.6 Å². The number of benzene rings is 1. The first kappa shape index (κ1) is 14.8. The van der Waals surface area contributed by atoms with E-state index in [9.17, 15) is 4.79 Å². The molecule has 2 rings (SSSR count). The van der Waals surface area contributed by atoms with Crippen molar-refractivity contribution in [3.05, 3.63) is 23.8 Å². The van der Waals surface area contributed by atoms with E-state index >= 15 is 0 Å². The van der Waals surface area contributed by atoms with Gasteiger partial charge in [-0.05, 0) is 44.6 Å². The number of likely N-dealkylation sites (N-methyl/N-ethyl adjacent to an activating group) is 1. The van der Waals surface area contributed by atoms with E-state index in [4.69, 9.17) is 4.74 Å². The lowest BCUT2D eigenvalue weighted by molar-refractivity contribution is -0.117. The summed E-state index contributed by atoms with van der Waals surface area (Å²) in [7, 11) is 3.60. The Morgan fingerprint density at radius 3 is 3.00 bits per heavy atom. The maximum atomic E-state index is 12.1. The van der Waals surface area contributed by atoms with Gasteiger partial charge in [0.1, 0.15) is 5.75 Å². The van der Waals surface area contributed by atoms with E-state index in [0.717, 1.165) is 30.8 Å². The summed E-state index contributed by atoms with van der Waals surface area (Å²) in [6.45, 7) is 4.37. The van der Waals surface area contributed by atoms with Crippen molar-refractivity contribution in [3.63, 3.8) is 0 Å². The second-order valence-electron chi connectivity index (χ2n) is 5.31. The zero-order valence-corrected chi connectivity index (χ0v) is 12.4. The van der Waals surface area contributed by atoms with Crippen molar-refractivity contribution >= 4 is 11.6 Å². The maximum Gasteiger partial charge on any atom is 0.238 e. The highest BCUT2D eigenvalue weighted by atomic mass is 16.5. The van der Waals surface area contributed by atoms with E-state index in [-0.39, 0.29) is 5.91 Å². The largest absolute Gasteiger partial charge is 0.495 e. The molecular weight excluding hydrogens is 254 g/mol. The Kier molecular flexibility index (Phi) is 4.98. The summed E-state index contributed by atoms with van der Waals surface area (Å²) in [5, 5.41) is 6.24. The van der Waals surface area contributed by atoms with Crippen LogP contribution >= 0.6 is 0 Å². The van der Waals surface area contributed by atoms with Gasteiger partial charge in [0.05, 0.1) is 19.3 Å². The van der Waals surface area contributed by atoms with Crippen LogP contribution in [0.15, 0.2) is 18.2 Å². The number of anilines is 1. The van der Waals surface area contributed by atoms with Crippen molar-refractivity contribution in [2.24, 2.45) is 0 Å². The summed E-state index contributed by atoms with van der Waals surface area (Å²) in [5.74, 6) is 0.678. The summed E-state index contributed by atoms with van der Waals surface area (Å²) < 4.78 is 5.27. The van der Waals surface area contributed by atoms with Crippen molar-refractivity contribution < 1.29 is 9.53 Å². The first-order valence-electron chi connectivity index (χ1n) is 6.95. The van der Waals surface area contributed by atoms with E-state index in [2.05, 4.69) is 15.5 Å². The fraction of sp³-hybridized carbons (Fsp3) is 0.533. The Bertz CT molecular complexity index is 470. The number of aryl methyl sites for hydroxylation is 1. The number of hydrogen-bond donors (Lipinski definition) is 2. The van der Waals surface area contributed by atoms with E-state index in [0.29, 0.717) is 18.3 Å².